The van der Waals surface area contributed by atoms with Crippen LogP contribution in [0.5, 0.6) is 5.75 Å². The molecule has 8 heteroatoms. The number of hydrogen-bond donors (Lipinski definition) is 0. The standard InChI is InChI=1S/C19H13F3N4O/c20-13-1-3-16(17(21)5-13)12-6-24-19-10-26(8-12)9-14(25-19)11-27-15-2-4-18(22)23-7-15/h1-9H,10-11H2. The average molecular weight is 370 g/mol. The predicted molar refractivity (Wildman–Crippen MR) is 94.7 cm³/mol. The van der Waals surface area contributed by atoms with Gasteiger partial charge in [0.25, 0.3) is 0 Å². The number of ether oxygens (including phenoxy) is 1. The summed E-state index contributed by atoms with van der Waals surface area (Å²) in [5, 5.41) is 0. The van der Waals surface area contributed by atoms with Crippen LogP contribution in [0, 0.1) is 17.6 Å². The molecule has 0 unspecified atom stereocenters. The van der Waals surface area contributed by atoms with Crippen molar-refractivity contribution in [2.75, 3.05) is 13.2 Å². The third-order valence-corrected chi connectivity index (χ3v) is 3.90. The summed E-state index contributed by atoms with van der Waals surface area (Å²) in [4.78, 5) is 14.0. The fraction of sp³-hybridized carbons (Fsp3) is 0.105. The first-order valence-electron chi connectivity index (χ1n) is 8.06. The van der Waals surface area contributed by atoms with Crippen molar-refractivity contribution in [1.82, 2.24) is 9.88 Å². The Balaban J connectivity index is 1.55. The fourth-order valence-corrected chi connectivity index (χ4v) is 2.68. The zero-order chi connectivity index (χ0) is 18.8. The van der Waals surface area contributed by atoms with Crippen LogP contribution >= 0.6 is 0 Å². The van der Waals surface area contributed by atoms with Crippen molar-refractivity contribution in [2.45, 2.75) is 0 Å². The second-order valence-electron chi connectivity index (χ2n) is 5.89. The van der Waals surface area contributed by atoms with Crippen molar-refractivity contribution in [2.24, 2.45) is 9.98 Å². The normalized spacial score (nSPS) is 15.7. The number of aromatic nitrogens is 1. The Morgan fingerprint density at radius 1 is 1.07 bits per heavy atom. The highest BCUT2D eigenvalue weighted by atomic mass is 19.1. The molecule has 3 heterocycles. The van der Waals surface area contributed by atoms with Gasteiger partial charge in [-0.25, -0.2) is 23.7 Å². The first-order chi connectivity index (χ1) is 13.1. The van der Waals surface area contributed by atoms with Crippen LogP contribution in [0.2, 0.25) is 0 Å². The minimum atomic E-state index is -0.663. The van der Waals surface area contributed by atoms with Gasteiger partial charge >= 0.3 is 0 Å². The van der Waals surface area contributed by atoms with E-state index in [9.17, 15) is 13.2 Å². The molecule has 5 nitrogen and oxygen atoms in total. The molecule has 0 spiro atoms. The third-order valence-electron chi connectivity index (χ3n) is 3.90. The van der Waals surface area contributed by atoms with Gasteiger partial charge in [0.1, 0.15) is 29.8 Å². The van der Waals surface area contributed by atoms with Gasteiger partial charge < -0.3 is 9.64 Å². The molecule has 1 aromatic carbocycles. The molecule has 2 aliphatic heterocycles. The van der Waals surface area contributed by atoms with Crippen molar-refractivity contribution in [1.29, 1.82) is 0 Å². The lowest BCUT2D eigenvalue weighted by Gasteiger charge is -2.20. The molecular weight excluding hydrogens is 357 g/mol. The predicted octanol–water partition coefficient (Wildman–Crippen LogP) is 3.56. The monoisotopic (exact) mass is 370 g/mol. The van der Waals surface area contributed by atoms with Crippen molar-refractivity contribution in [3.05, 3.63) is 77.8 Å². The Labute approximate surface area is 152 Å². The van der Waals surface area contributed by atoms with E-state index in [0.717, 1.165) is 6.07 Å². The first kappa shape index (κ1) is 17.0. The molecule has 0 aliphatic carbocycles. The number of benzene rings is 1. The quantitative estimate of drug-likeness (QED) is 0.774. The average Bonchev–Trinajstić information content (AvgIpc) is 2.79. The van der Waals surface area contributed by atoms with Crippen LogP contribution in [0.1, 0.15) is 5.56 Å². The van der Waals surface area contributed by atoms with E-state index in [1.165, 1.54) is 36.7 Å². The highest BCUT2D eigenvalue weighted by Crippen LogP contribution is 2.23. The van der Waals surface area contributed by atoms with E-state index in [4.69, 9.17) is 4.74 Å². The Morgan fingerprint density at radius 2 is 1.96 bits per heavy atom. The molecule has 2 aromatic rings. The molecule has 1 aromatic heterocycles. The molecule has 0 amide bonds. The lowest BCUT2D eigenvalue weighted by Crippen LogP contribution is -2.23. The summed E-state index contributed by atoms with van der Waals surface area (Å²) in [6.45, 7) is 0.557. The molecular formula is C19H13F3N4O. The molecule has 27 heavy (non-hydrogen) atoms. The topological polar surface area (TPSA) is 50.1 Å². The van der Waals surface area contributed by atoms with E-state index >= 15 is 0 Å². The van der Waals surface area contributed by atoms with E-state index in [0.29, 0.717) is 29.4 Å². The Morgan fingerprint density at radius 3 is 2.74 bits per heavy atom. The summed E-state index contributed by atoms with van der Waals surface area (Å²) in [7, 11) is 0. The fourth-order valence-electron chi connectivity index (χ4n) is 2.68. The van der Waals surface area contributed by atoms with Crippen LogP contribution < -0.4 is 4.74 Å². The number of pyridine rings is 1. The van der Waals surface area contributed by atoms with Gasteiger partial charge in [-0.3, -0.25) is 0 Å². The van der Waals surface area contributed by atoms with E-state index < -0.39 is 17.6 Å². The van der Waals surface area contributed by atoms with E-state index in [-0.39, 0.29) is 12.2 Å². The highest BCUT2D eigenvalue weighted by Gasteiger charge is 2.18. The molecule has 2 aliphatic rings. The first-order valence-corrected chi connectivity index (χ1v) is 8.06. The molecule has 0 radical (unpaired) electrons. The van der Waals surface area contributed by atoms with Crippen molar-refractivity contribution >= 4 is 17.6 Å². The molecule has 4 rings (SSSR count). The minimum Gasteiger partial charge on any atom is -0.486 e. The summed E-state index contributed by atoms with van der Waals surface area (Å²) in [6.07, 6.45) is 6.24. The van der Waals surface area contributed by atoms with Gasteiger partial charge in [-0.1, -0.05) is 0 Å². The number of amidine groups is 1. The molecule has 0 saturated carbocycles. The van der Waals surface area contributed by atoms with Crippen LogP contribution in [-0.2, 0) is 0 Å². The number of halogens is 3. The zero-order valence-corrected chi connectivity index (χ0v) is 13.9. The maximum atomic E-state index is 14.1. The van der Waals surface area contributed by atoms with Gasteiger partial charge in [0.15, 0.2) is 0 Å². The van der Waals surface area contributed by atoms with E-state index in [1.54, 1.807) is 17.3 Å². The molecule has 0 N–H and O–H groups in total. The second-order valence-corrected chi connectivity index (χ2v) is 5.89. The number of nitrogens with zero attached hydrogens (tertiary/aromatic N) is 4. The molecule has 0 saturated heterocycles. The third kappa shape index (κ3) is 3.89. The largest absolute Gasteiger partial charge is 0.486 e. The van der Waals surface area contributed by atoms with Crippen LogP contribution in [0.25, 0.3) is 5.57 Å². The van der Waals surface area contributed by atoms with Crippen LogP contribution in [-0.4, -0.2) is 35.1 Å². The van der Waals surface area contributed by atoms with Crippen molar-refractivity contribution in [3.63, 3.8) is 0 Å². The van der Waals surface area contributed by atoms with Gasteiger partial charge in [0, 0.05) is 35.8 Å². The van der Waals surface area contributed by atoms with Gasteiger partial charge in [-0.15, -0.1) is 0 Å². The Kier molecular flexibility index (Phi) is 4.45. The van der Waals surface area contributed by atoms with Crippen molar-refractivity contribution in [3.8, 4) is 5.75 Å². The maximum absolute atomic E-state index is 14.1. The number of hydrogen-bond acceptors (Lipinski definition) is 5. The Bertz CT molecular complexity index is 997. The summed E-state index contributed by atoms with van der Waals surface area (Å²) in [5.74, 6) is -0.947. The molecule has 0 atom stereocenters. The smallest absolute Gasteiger partial charge is 0.213 e. The van der Waals surface area contributed by atoms with Gasteiger partial charge in [0.2, 0.25) is 5.95 Å². The lowest BCUT2D eigenvalue weighted by atomic mass is 10.1. The van der Waals surface area contributed by atoms with Crippen molar-refractivity contribution < 1.29 is 17.9 Å². The number of rotatable bonds is 4. The SMILES string of the molecule is Fc1ccc(C2=CN3C=C(COc4ccc(F)nc4)N=C(C3)N=C2)c(F)c1. The van der Waals surface area contributed by atoms with Crippen LogP contribution in [0.4, 0.5) is 13.2 Å². The van der Waals surface area contributed by atoms with E-state index in [2.05, 4.69) is 15.0 Å². The van der Waals surface area contributed by atoms with Gasteiger partial charge in [0.05, 0.1) is 18.4 Å². The molecule has 2 bridgehead atoms. The minimum absolute atomic E-state index is 0.136. The number of allylic oxidation sites excluding steroid dienone is 1. The summed E-state index contributed by atoms with van der Waals surface area (Å²) < 4.78 is 45.6. The number of aliphatic imine (C=N–C) groups is 2. The molecule has 136 valence electrons. The maximum Gasteiger partial charge on any atom is 0.213 e. The van der Waals surface area contributed by atoms with Crippen LogP contribution in [0.15, 0.2) is 64.6 Å². The van der Waals surface area contributed by atoms with E-state index in [1.807, 2.05) is 0 Å². The lowest BCUT2D eigenvalue weighted by molar-refractivity contribution is 0.343. The summed E-state index contributed by atoms with van der Waals surface area (Å²) >= 11 is 0. The summed E-state index contributed by atoms with van der Waals surface area (Å²) in [5.41, 5.74) is 1.34. The van der Waals surface area contributed by atoms with Crippen LogP contribution in [0.3, 0.4) is 0 Å². The second kappa shape index (κ2) is 7.06. The Hall–Kier alpha value is -3.42. The van der Waals surface area contributed by atoms with Gasteiger partial charge in [-0.05, 0) is 24.3 Å². The zero-order valence-electron chi connectivity index (χ0n) is 13.9. The summed E-state index contributed by atoms with van der Waals surface area (Å²) in [6, 6.07) is 6.08. The molecule has 0 fully saturated rings. The highest BCUT2D eigenvalue weighted by molar-refractivity contribution is 6.14. The van der Waals surface area contributed by atoms with Gasteiger partial charge in [-0.2, -0.15) is 4.39 Å². The number of fused-ring (bicyclic) bond motifs is 2.